The van der Waals surface area contributed by atoms with Crippen molar-refractivity contribution >= 4 is 11.6 Å². The van der Waals surface area contributed by atoms with Crippen molar-refractivity contribution in [2.24, 2.45) is 0 Å². The minimum Gasteiger partial charge on any atom is -0.324 e. The zero-order chi connectivity index (χ0) is 19.3. The summed E-state index contributed by atoms with van der Waals surface area (Å²) in [6.45, 7) is 1.94. The quantitative estimate of drug-likeness (QED) is 0.636. The van der Waals surface area contributed by atoms with Crippen molar-refractivity contribution in [3.63, 3.8) is 0 Å². The van der Waals surface area contributed by atoms with Crippen LogP contribution in [0.5, 0.6) is 0 Å². The van der Waals surface area contributed by atoms with E-state index < -0.39 is 0 Å². The van der Waals surface area contributed by atoms with Crippen molar-refractivity contribution < 1.29 is 4.79 Å². The van der Waals surface area contributed by atoms with E-state index in [2.05, 4.69) is 47.0 Å². The van der Waals surface area contributed by atoms with E-state index in [1.54, 1.807) is 0 Å². The summed E-state index contributed by atoms with van der Waals surface area (Å²) >= 11 is 0. The van der Waals surface area contributed by atoms with Gasteiger partial charge in [0.2, 0.25) is 5.91 Å². The molecule has 2 N–H and O–H groups in total. The SMILES string of the molecule is C[C@H](N[C@@H]1CCCc2ccccc21)C(=O)Nc1ccccc1-c1ccccc1. The molecule has 0 unspecified atom stereocenters. The maximum atomic E-state index is 12.9. The highest BCUT2D eigenvalue weighted by molar-refractivity contribution is 5.98. The van der Waals surface area contributed by atoms with Gasteiger partial charge in [-0.25, -0.2) is 0 Å². The molecule has 3 aromatic rings. The van der Waals surface area contributed by atoms with E-state index in [0.717, 1.165) is 36.1 Å². The van der Waals surface area contributed by atoms with Gasteiger partial charge in [-0.05, 0) is 48.9 Å². The molecule has 1 amide bonds. The largest absolute Gasteiger partial charge is 0.324 e. The Morgan fingerprint density at radius 3 is 2.50 bits per heavy atom. The van der Waals surface area contributed by atoms with Gasteiger partial charge < -0.3 is 5.32 Å². The van der Waals surface area contributed by atoms with Crippen LogP contribution in [0.3, 0.4) is 0 Å². The molecule has 1 aliphatic carbocycles. The van der Waals surface area contributed by atoms with Crippen LogP contribution in [0.4, 0.5) is 5.69 Å². The predicted octanol–water partition coefficient (Wildman–Crippen LogP) is 5.35. The fourth-order valence-corrected chi connectivity index (χ4v) is 4.01. The molecule has 3 nitrogen and oxygen atoms in total. The summed E-state index contributed by atoms with van der Waals surface area (Å²) in [5.41, 5.74) is 5.70. The lowest BCUT2D eigenvalue weighted by Gasteiger charge is -2.29. The van der Waals surface area contributed by atoms with Crippen molar-refractivity contribution in [3.05, 3.63) is 90.0 Å². The van der Waals surface area contributed by atoms with E-state index in [4.69, 9.17) is 0 Å². The topological polar surface area (TPSA) is 41.1 Å². The van der Waals surface area contributed by atoms with Crippen LogP contribution in [0.1, 0.15) is 36.9 Å². The Bertz CT molecular complexity index is 952. The van der Waals surface area contributed by atoms with Gasteiger partial charge in [0.25, 0.3) is 0 Å². The Labute approximate surface area is 166 Å². The second-order valence-corrected chi connectivity index (χ2v) is 7.43. The van der Waals surface area contributed by atoms with Gasteiger partial charge in [-0.3, -0.25) is 10.1 Å². The summed E-state index contributed by atoms with van der Waals surface area (Å²) < 4.78 is 0. The molecule has 0 saturated heterocycles. The first-order chi connectivity index (χ1) is 13.7. The van der Waals surface area contributed by atoms with Gasteiger partial charge in [-0.1, -0.05) is 72.8 Å². The van der Waals surface area contributed by atoms with Crippen molar-refractivity contribution in [1.82, 2.24) is 5.32 Å². The Hall–Kier alpha value is -2.91. The van der Waals surface area contributed by atoms with Crippen molar-refractivity contribution in [1.29, 1.82) is 0 Å². The molecule has 0 aliphatic heterocycles. The lowest BCUT2D eigenvalue weighted by molar-refractivity contribution is -0.118. The Morgan fingerprint density at radius 1 is 0.929 bits per heavy atom. The van der Waals surface area contributed by atoms with Crippen LogP contribution in [-0.4, -0.2) is 11.9 Å². The van der Waals surface area contributed by atoms with E-state index in [0.29, 0.717) is 0 Å². The highest BCUT2D eigenvalue weighted by Gasteiger charge is 2.24. The lowest BCUT2D eigenvalue weighted by atomic mass is 9.87. The molecule has 4 rings (SSSR count). The van der Waals surface area contributed by atoms with Crippen LogP contribution < -0.4 is 10.6 Å². The summed E-state index contributed by atoms with van der Waals surface area (Å²) in [5, 5.41) is 6.66. The highest BCUT2D eigenvalue weighted by atomic mass is 16.2. The third-order valence-corrected chi connectivity index (χ3v) is 5.48. The van der Waals surface area contributed by atoms with Gasteiger partial charge in [0.1, 0.15) is 0 Å². The average molecular weight is 370 g/mol. The number of anilines is 1. The second-order valence-electron chi connectivity index (χ2n) is 7.43. The highest BCUT2D eigenvalue weighted by Crippen LogP contribution is 2.30. The van der Waals surface area contributed by atoms with Crippen LogP contribution in [0, 0.1) is 0 Å². The number of hydrogen-bond acceptors (Lipinski definition) is 2. The number of nitrogens with one attached hydrogen (secondary N) is 2. The lowest BCUT2D eigenvalue weighted by Crippen LogP contribution is -2.41. The normalized spacial score (nSPS) is 16.8. The predicted molar refractivity (Wildman–Crippen MR) is 115 cm³/mol. The molecule has 2 atom stereocenters. The number of para-hydroxylation sites is 1. The van der Waals surface area contributed by atoms with Gasteiger partial charge in [-0.2, -0.15) is 0 Å². The number of carbonyl (C=O) groups excluding carboxylic acids is 1. The van der Waals surface area contributed by atoms with Gasteiger partial charge >= 0.3 is 0 Å². The van der Waals surface area contributed by atoms with Gasteiger partial charge in [0, 0.05) is 17.3 Å². The molecule has 0 radical (unpaired) electrons. The zero-order valence-corrected chi connectivity index (χ0v) is 16.2. The molecule has 0 bridgehead atoms. The van der Waals surface area contributed by atoms with E-state index in [-0.39, 0.29) is 18.0 Å². The molecule has 1 aliphatic rings. The number of aryl methyl sites for hydroxylation is 1. The van der Waals surface area contributed by atoms with Crippen LogP contribution in [0.2, 0.25) is 0 Å². The van der Waals surface area contributed by atoms with E-state index in [1.165, 1.54) is 11.1 Å². The first-order valence-corrected chi connectivity index (χ1v) is 10.0. The van der Waals surface area contributed by atoms with Crippen LogP contribution in [0.15, 0.2) is 78.9 Å². The maximum absolute atomic E-state index is 12.9. The molecule has 0 fully saturated rings. The third kappa shape index (κ3) is 4.00. The summed E-state index contributed by atoms with van der Waals surface area (Å²) in [7, 11) is 0. The minimum atomic E-state index is -0.278. The molecular formula is C25H26N2O. The summed E-state index contributed by atoms with van der Waals surface area (Å²) in [6.07, 6.45) is 3.34. The van der Waals surface area contributed by atoms with E-state index in [1.807, 2.05) is 49.4 Å². The zero-order valence-electron chi connectivity index (χ0n) is 16.2. The first kappa shape index (κ1) is 18.5. The van der Waals surface area contributed by atoms with Crippen LogP contribution in [-0.2, 0) is 11.2 Å². The number of benzene rings is 3. The van der Waals surface area contributed by atoms with E-state index >= 15 is 0 Å². The number of fused-ring (bicyclic) bond motifs is 1. The summed E-state index contributed by atoms with van der Waals surface area (Å²) in [5.74, 6) is -0.00793. The van der Waals surface area contributed by atoms with Crippen molar-refractivity contribution in [3.8, 4) is 11.1 Å². The molecule has 3 heteroatoms. The Kier molecular flexibility index (Phi) is 5.54. The molecule has 3 aromatic carbocycles. The average Bonchev–Trinajstić information content (AvgIpc) is 2.75. The maximum Gasteiger partial charge on any atom is 0.241 e. The van der Waals surface area contributed by atoms with Crippen LogP contribution in [0.25, 0.3) is 11.1 Å². The van der Waals surface area contributed by atoms with Gasteiger partial charge in [0.05, 0.1) is 6.04 Å². The third-order valence-electron chi connectivity index (χ3n) is 5.48. The number of carbonyl (C=O) groups is 1. The fourth-order valence-electron chi connectivity index (χ4n) is 4.01. The van der Waals surface area contributed by atoms with Crippen molar-refractivity contribution in [2.45, 2.75) is 38.3 Å². The van der Waals surface area contributed by atoms with Gasteiger partial charge in [0.15, 0.2) is 0 Å². The molecule has 0 saturated carbocycles. The molecular weight excluding hydrogens is 344 g/mol. The molecule has 142 valence electrons. The molecule has 0 heterocycles. The Morgan fingerprint density at radius 2 is 1.64 bits per heavy atom. The van der Waals surface area contributed by atoms with Crippen molar-refractivity contribution in [2.75, 3.05) is 5.32 Å². The molecule has 0 aromatic heterocycles. The number of amides is 1. The molecule has 28 heavy (non-hydrogen) atoms. The minimum absolute atomic E-state index is 0.00793. The number of rotatable bonds is 5. The fraction of sp³-hybridized carbons (Fsp3) is 0.240. The Balaban J connectivity index is 1.48. The molecule has 0 spiro atoms. The summed E-state index contributed by atoms with van der Waals surface area (Å²) in [6, 6.07) is 26.6. The summed E-state index contributed by atoms with van der Waals surface area (Å²) in [4.78, 5) is 12.9. The van der Waals surface area contributed by atoms with Gasteiger partial charge in [-0.15, -0.1) is 0 Å². The smallest absolute Gasteiger partial charge is 0.241 e. The number of hydrogen-bond donors (Lipinski definition) is 2. The van der Waals surface area contributed by atoms with E-state index in [9.17, 15) is 4.79 Å². The standard InChI is InChI=1S/C25H26N2O/c1-18(26-23-17-9-13-20-12-5-6-14-21(20)23)25(28)27-24-16-8-7-15-22(24)19-10-3-2-4-11-19/h2-8,10-12,14-16,18,23,26H,9,13,17H2,1H3,(H,27,28)/t18-,23+/m0/s1. The first-order valence-electron chi connectivity index (χ1n) is 10.0. The monoisotopic (exact) mass is 370 g/mol. The second kappa shape index (κ2) is 8.41. The van der Waals surface area contributed by atoms with Crippen LogP contribution >= 0.6 is 0 Å².